The minimum Gasteiger partial charge on any atom is -0.379 e. The molecule has 0 spiro atoms. The van der Waals surface area contributed by atoms with Crippen LogP contribution in [-0.4, -0.2) is 54.7 Å². The Morgan fingerprint density at radius 2 is 2.14 bits per heavy atom. The zero-order valence-corrected chi connectivity index (χ0v) is 12.3. The lowest BCUT2D eigenvalue weighted by Crippen LogP contribution is -2.46. The van der Waals surface area contributed by atoms with Crippen LogP contribution in [0.1, 0.15) is 17.3 Å². The second kappa shape index (κ2) is 6.28. The van der Waals surface area contributed by atoms with Crippen molar-refractivity contribution in [2.45, 2.75) is 13.0 Å². The summed E-state index contributed by atoms with van der Waals surface area (Å²) in [6.07, 6.45) is 1.78. The highest BCUT2D eigenvalue weighted by Gasteiger charge is 2.17. The normalized spacial score (nSPS) is 17.8. The van der Waals surface area contributed by atoms with Crippen molar-refractivity contribution in [3.63, 3.8) is 0 Å². The fourth-order valence-corrected chi connectivity index (χ4v) is 2.78. The third-order valence-corrected chi connectivity index (χ3v) is 3.85. The Bertz CT molecular complexity index is 617. The lowest BCUT2D eigenvalue weighted by atomic mass is 10.1. The summed E-state index contributed by atoms with van der Waals surface area (Å²) in [5.74, 6) is -0.0202. The smallest absolute Gasteiger partial charge is 0.253 e. The van der Waals surface area contributed by atoms with Gasteiger partial charge in [-0.3, -0.25) is 9.69 Å². The number of aromatic amines is 1. The predicted octanol–water partition coefficient (Wildman–Crippen LogP) is 1.62. The van der Waals surface area contributed by atoms with Crippen LogP contribution in [0.2, 0.25) is 0 Å². The first-order valence-corrected chi connectivity index (χ1v) is 7.41. The molecule has 3 rings (SSSR count). The molecule has 0 radical (unpaired) electrons. The molecular formula is C16H21N3O2. The molecule has 5 nitrogen and oxygen atoms in total. The fraction of sp³-hybridized carbons (Fsp3) is 0.438. The molecule has 1 aromatic heterocycles. The van der Waals surface area contributed by atoms with Crippen molar-refractivity contribution < 1.29 is 9.53 Å². The summed E-state index contributed by atoms with van der Waals surface area (Å²) < 4.78 is 5.34. The largest absolute Gasteiger partial charge is 0.379 e. The Labute approximate surface area is 124 Å². The van der Waals surface area contributed by atoms with Crippen LogP contribution >= 0.6 is 0 Å². The van der Waals surface area contributed by atoms with Crippen molar-refractivity contribution in [2.24, 2.45) is 0 Å². The van der Waals surface area contributed by atoms with Gasteiger partial charge in [0, 0.05) is 42.8 Å². The van der Waals surface area contributed by atoms with Gasteiger partial charge in [-0.05, 0) is 13.0 Å². The molecule has 1 aromatic carbocycles. The molecule has 2 aromatic rings. The van der Waals surface area contributed by atoms with Crippen molar-refractivity contribution in [1.82, 2.24) is 15.2 Å². The van der Waals surface area contributed by atoms with Crippen LogP contribution in [0.4, 0.5) is 0 Å². The zero-order valence-electron chi connectivity index (χ0n) is 12.3. The minimum atomic E-state index is -0.0202. The van der Waals surface area contributed by atoms with Crippen LogP contribution in [0.15, 0.2) is 30.5 Å². The van der Waals surface area contributed by atoms with E-state index in [4.69, 9.17) is 4.74 Å². The molecule has 5 heteroatoms. The molecule has 112 valence electrons. The van der Waals surface area contributed by atoms with Gasteiger partial charge in [-0.15, -0.1) is 0 Å². The van der Waals surface area contributed by atoms with Crippen molar-refractivity contribution in [3.8, 4) is 0 Å². The van der Waals surface area contributed by atoms with Gasteiger partial charge >= 0.3 is 0 Å². The first kappa shape index (κ1) is 14.1. The number of nitrogens with zero attached hydrogens (tertiary/aromatic N) is 1. The van der Waals surface area contributed by atoms with E-state index in [1.807, 2.05) is 31.2 Å². The summed E-state index contributed by atoms with van der Waals surface area (Å²) in [6.45, 7) is 6.34. The Morgan fingerprint density at radius 3 is 2.95 bits per heavy atom. The van der Waals surface area contributed by atoms with Gasteiger partial charge in [0.1, 0.15) is 0 Å². The number of carbonyl (C=O) groups excluding carboxylic acids is 1. The average molecular weight is 287 g/mol. The first-order chi connectivity index (χ1) is 10.2. The van der Waals surface area contributed by atoms with E-state index in [9.17, 15) is 4.79 Å². The molecule has 0 bridgehead atoms. The number of ether oxygens (including phenoxy) is 1. The molecule has 1 fully saturated rings. The number of para-hydroxylation sites is 1. The monoisotopic (exact) mass is 287 g/mol. The van der Waals surface area contributed by atoms with Crippen LogP contribution in [0.3, 0.4) is 0 Å². The maximum Gasteiger partial charge on any atom is 0.253 e. The Balaban J connectivity index is 1.62. The number of fused-ring (bicyclic) bond motifs is 1. The second-order valence-electron chi connectivity index (χ2n) is 5.54. The number of aromatic nitrogens is 1. The molecule has 0 aliphatic carbocycles. The summed E-state index contributed by atoms with van der Waals surface area (Å²) in [5, 5.41) is 4.05. The van der Waals surface area contributed by atoms with E-state index in [-0.39, 0.29) is 11.9 Å². The standard InChI is InChI=1S/C16H21N3O2/c1-12(11-19-6-8-21-9-7-19)18-16(20)14-10-17-15-5-3-2-4-13(14)15/h2-5,10,12,17H,6-9,11H2,1H3,(H,18,20). The van der Waals surface area contributed by atoms with E-state index in [2.05, 4.69) is 15.2 Å². The average Bonchev–Trinajstić information content (AvgIpc) is 2.92. The Morgan fingerprint density at radius 1 is 1.38 bits per heavy atom. The molecule has 2 N–H and O–H groups in total. The van der Waals surface area contributed by atoms with Gasteiger partial charge in [-0.25, -0.2) is 0 Å². The molecule has 1 saturated heterocycles. The Kier molecular flexibility index (Phi) is 4.22. The lowest BCUT2D eigenvalue weighted by Gasteiger charge is -2.29. The molecule has 0 saturated carbocycles. The number of morpholine rings is 1. The number of amides is 1. The molecule has 21 heavy (non-hydrogen) atoms. The quantitative estimate of drug-likeness (QED) is 0.898. The summed E-state index contributed by atoms with van der Waals surface area (Å²) in [6, 6.07) is 7.96. The predicted molar refractivity (Wildman–Crippen MR) is 82.5 cm³/mol. The zero-order chi connectivity index (χ0) is 14.7. The summed E-state index contributed by atoms with van der Waals surface area (Å²) in [4.78, 5) is 17.9. The van der Waals surface area contributed by atoms with Crippen LogP contribution in [0.25, 0.3) is 10.9 Å². The van der Waals surface area contributed by atoms with Crippen LogP contribution in [0, 0.1) is 0 Å². The highest BCUT2D eigenvalue weighted by Crippen LogP contribution is 2.17. The van der Waals surface area contributed by atoms with Crippen molar-refractivity contribution in [3.05, 3.63) is 36.0 Å². The van der Waals surface area contributed by atoms with E-state index in [1.165, 1.54) is 0 Å². The summed E-state index contributed by atoms with van der Waals surface area (Å²) >= 11 is 0. The van der Waals surface area contributed by atoms with Gasteiger partial charge < -0.3 is 15.0 Å². The van der Waals surface area contributed by atoms with Gasteiger partial charge in [0.15, 0.2) is 0 Å². The van der Waals surface area contributed by atoms with E-state index in [0.29, 0.717) is 5.56 Å². The molecule has 1 aliphatic rings. The highest BCUT2D eigenvalue weighted by molar-refractivity contribution is 6.06. The maximum atomic E-state index is 12.4. The van der Waals surface area contributed by atoms with Gasteiger partial charge in [0.25, 0.3) is 5.91 Å². The van der Waals surface area contributed by atoms with Crippen LogP contribution in [-0.2, 0) is 4.74 Å². The maximum absolute atomic E-state index is 12.4. The lowest BCUT2D eigenvalue weighted by molar-refractivity contribution is 0.0342. The van der Waals surface area contributed by atoms with E-state index >= 15 is 0 Å². The highest BCUT2D eigenvalue weighted by atomic mass is 16.5. The summed E-state index contributed by atoms with van der Waals surface area (Å²) in [7, 11) is 0. The molecule has 1 atom stereocenters. The van der Waals surface area contributed by atoms with Gasteiger partial charge in [0.05, 0.1) is 18.8 Å². The van der Waals surface area contributed by atoms with Crippen molar-refractivity contribution in [2.75, 3.05) is 32.8 Å². The summed E-state index contributed by atoms with van der Waals surface area (Å²) in [5.41, 5.74) is 1.70. The molecule has 1 aliphatic heterocycles. The minimum absolute atomic E-state index is 0.0202. The van der Waals surface area contributed by atoms with Crippen molar-refractivity contribution >= 4 is 16.8 Å². The van der Waals surface area contributed by atoms with Gasteiger partial charge in [0.2, 0.25) is 0 Å². The molecule has 2 heterocycles. The molecule has 1 amide bonds. The first-order valence-electron chi connectivity index (χ1n) is 7.41. The SMILES string of the molecule is CC(CN1CCOCC1)NC(=O)c1c[nH]c2ccccc12. The third kappa shape index (κ3) is 3.25. The Hall–Kier alpha value is -1.85. The second-order valence-corrected chi connectivity index (χ2v) is 5.54. The van der Waals surface area contributed by atoms with Crippen LogP contribution in [0.5, 0.6) is 0 Å². The third-order valence-electron chi connectivity index (χ3n) is 3.85. The van der Waals surface area contributed by atoms with Gasteiger partial charge in [-0.1, -0.05) is 18.2 Å². The van der Waals surface area contributed by atoms with E-state index < -0.39 is 0 Å². The number of benzene rings is 1. The molecule has 1 unspecified atom stereocenters. The van der Waals surface area contributed by atoms with E-state index in [0.717, 1.165) is 43.8 Å². The number of nitrogens with one attached hydrogen (secondary N) is 2. The number of H-pyrrole nitrogens is 1. The van der Waals surface area contributed by atoms with Crippen molar-refractivity contribution in [1.29, 1.82) is 0 Å². The fourth-order valence-electron chi connectivity index (χ4n) is 2.78. The number of rotatable bonds is 4. The topological polar surface area (TPSA) is 57.4 Å². The molecular weight excluding hydrogens is 266 g/mol. The number of hydrogen-bond acceptors (Lipinski definition) is 3. The van der Waals surface area contributed by atoms with Gasteiger partial charge in [-0.2, -0.15) is 0 Å². The number of carbonyl (C=O) groups is 1. The number of hydrogen-bond donors (Lipinski definition) is 2. The van der Waals surface area contributed by atoms with E-state index in [1.54, 1.807) is 6.20 Å². The van der Waals surface area contributed by atoms with Crippen LogP contribution < -0.4 is 5.32 Å².